The zero-order chi connectivity index (χ0) is 36.8. The van der Waals surface area contributed by atoms with Crippen molar-refractivity contribution >= 4 is 52.4 Å². The zero-order valence-electron chi connectivity index (χ0n) is 25.0. The monoisotopic (exact) mass is 735 g/mol. The second-order valence-corrected chi connectivity index (χ2v) is 17.3. The van der Waals surface area contributed by atoms with Crippen molar-refractivity contribution in [1.29, 1.82) is 0 Å². The first-order valence-electron chi connectivity index (χ1n) is 13.6. The molecule has 5 rings (SSSR count). The lowest BCUT2D eigenvalue weighted by atomic mass is 9.78. The molecule has 0 aromatic heterocycles. The van der Waals surface area contributed by atoms with Crippen LogP contribution in [0.1, 0.15) is 43.0 Å². The molecule has 1 unspecified atom stereocenters. The molecule has 0 aliphatic carbocycles. The fourth-order valence-electron chi connectivity index (χ4n) is 6.11. The molecule has 1 atom stereocenters. The summed E-state index contributed by atoms with van der Waals surface area (Å²) in [5.41, 5.74) is -11.9. The van der Waals surface area contributed by atoms with Crippen molar-refractivity contribution in [2.24, 2.45) is 0 Å². The summed E-state index contributed by atoms with van der Waals surface area (Å²) < 4.78 is 136. The SMILES string of the molecule is Cc1c(F)cc2c(c1F)[Si](C)(C)c1c(cc(F)c(OS(=O)(=O)C(F)(F)F)c1F)C21OC(=O)c2cc(C(=O)N(CC(=O)O)CC(=O)O)ccc21. The first-order chi connectivity index (χ1) is 22.5. The van der Waals surface area contributed by atoms with Gasteiger partial charge in [-0.2, -0.15) is 21.6 Å². The number of carbonyl (C=O) groups excluding carboxylic acids is 2. The van der Waals surface area contributed by atoms with Crippen LogP contribution in [0.15, 0.2) is 30.3 Å². The Morgan fingerprint density at radius 1 is 0.898 bits per heavy atom. The fourth-order valence-corrected chi connectivity index (χ4v) is 10.1. The molecule has 0 bridgehead atoms. The van der Waals surface area contributed by atoms with Crippen LogP contribution >= 0.6 is 0 Å². The molecule has 2 N–H and O–H groups in total. The van der Waals surface area contributed by atoms with Gasteiger partial charge in [0, 0.05) is 27.8 Å². The third-order valence-electron chi connectivity index (χ3n) is 8.16. The van der Waals surface area contributed by atoms with E-state index in [1.807, 2.05) is 0 Å². The van der Waals surface area contributed by atoms with Crippen molar-refractivity contribution in [3.8, 4) is 5.75 Å². The van der Waals surface area contributed by atoms with Gasteiger partial charge in [0.2, 0.25) is 5.75 Å². The van der Waals surface area contributed by atoms with E-state index >= 15 is 17.6 Å². The number of carboxylic acids is 2. The smallest absolute Gasteiger partial charge is 0.480 e. The molecular weight excluding hydrogens is 715 g/mol. The topological polar surface area (TPSA) is 165 Å². The number of alkyl halides is 3. The maximum absolute atomic E-state index is 16.4. The average molecular weight is 736 g/mol. The normalized spacial score (nSPS) is 17.6. The van der Waals surface area contributed by atoms with Gasteiger partial charge in [-0.1, -0.05) is 19.2 Å². The van der Waals surface area contributed by atoms with E-state index in [9.17, 15) is 40.8 Å². The van der Waals surface area contributed by atoms with Crippen molar-refractivity contribution in [1.82, 2.24) is 4.90 Å². The van der Waals surface area contributed by atoms with Crippen LogP contribution in [0.4, 0.5) is 30.7 Å². The van der Waals surface area contributed by atoms with E-state index in [0.29, 0.717) is 11.0 Å². The third kappa shape index (κ3) is 5.29. The van der Waals surface area contributed by atoms with E-state index < -0.39 is 133 Å². The molecule has 20 heteroatoms. The number of amides is 1. The number of ether oxygens (including phenoxy) is 1. The van der Waals surface area contributed by atoms with Crippen LogP contribution in [0, 0.1) is 30.2 Å². The Bertz CT molecular complexity index is 2120. The van der Waals surface area contributed by atoms with E-state index in [1.165, 1.54) is 13.1 Å². The zero-order valence-corrected chi connectivity index (χ0v) is 26.8. The van der Waals surface area contributed by atoms with Crippen LogP contribution in [-0.2, 0) is 30.0 Å². The van der Waals surface area contributed by atoms with Gasteiger partial charge in [0.1, 0.15) is 32.8 Å². The average Bonchev–Trinajstić information content (AvgIpc) is 3.26. The van der Waals surface area contributed by atoms with E-state index in [0.717, 1.165) is 31.2 Å². The first kappa shape index (κ1) is 35.3. The predicted octanol–water partition coefficient (Wildman–Crippen LogP) is 2.99. The van der Waals surface area contributed by atoms with Crippen LogP contribution in [0.25, 0.3) is 0 Å². The van der Waals surface area contributed by atoms with Gasteiger partial charge in [0.05, 0.1) is 5.56 Å². The molecule has 1 amide bonds. The highest BCUT2D eigenvalue weighted by atomic mass is 32.2. The summed E-state index contributed by atoms with van der Waals surface area (Å²) in [4.78, 5) is 49.5. The highest BCUT2D eigenvalue weighted by Crippen LogP contribution is 2.51. The molecule has 2 heterocycles. The summed E-state index contributed by atoms with van der Waals surface area (Å²) in [6.07, 6.45) is 0. The van der Waals surface area contributed by atoms with Gasteiger partial charge in [-0.25, -0.2) is 22.4 Å². The number of halogens is 7. The van der Waals surface area contributed by atoms with Crippen molar-refractivity contribution in [2.45, 2.75) is 31.1 Å². The fraction of sp³-hybridized carbons (Fsp3) is 0.241. The number of aliphatic carboxylic acids is 2. The quantitative estimate of drug-likeness (QED) is 0.121. The van der Waals surface area contributed by atoms with Crippen LogP contribution < -0.4 is 14.6 Å². The lowest BCUT2D eigenvalue weighted by Gasteiger charge is -2.44. The first-order valence-corrected chi connectivity index (χ1v) is 18.0. The summed E-state index contributed by atoms with van der Waals surface area (Å²) in [7, 11) is -10.7. The highest BCUT2D eigenvalue weighted by molar-refractivity contribution is 7.88. The molecule has 2 aliphatic rings. The van der Waals surface area contributed by atoms with Gasteiger partial charge in [0.15, 0.2) is 17.2 Å². The summed E-state index contributed by atoms with van der Waals surface area (Å²) in [6.45, 7) is 1.32. The molecule has 49 heavy (non-hydrogen) atoms. The molecule has 1 spiro atoms. The van der Waals surface area contributed by atoms with Crippen molar-refractivity contribution in [3.05, 3.63) is 87.0 Å². The maximum Gasteiger partial charge on any atom is 0.534 e. The minimum absolute atomic E-state index is 0.315. The summed E-state index contributed by atoms with van der Waals surface area (Å²) in [5, 5.41) is 17.0. The Morgan fingerprint density at radius 3 is 1.96 bits per heavy atom. The lowest BCUT2D eigenvalue weighted by molar-refractivity contribution is -0.140. The van der Waals surface area contributed by atoms with Gasteiger partial charge >= 0.3 is 33.5 Å². The highest BCUT2D eigenvalue weighted by Gasteiger charge is 2.59. The minimum Gasteiger partial charge on any atom is -0.480 e. The number of carbonyl (C=O) groups is 4. The standard InChI is InChI=1S/C29H20F7NO10SSi/c1-11-17(30)7-15-24(21(11)32)49(2,3)25-16(8-18(31)23(22(25)33)47-48(44,45)29(34,35)36)28(15)14-5-4-12(6-13(14)27(43)46-28)26(42)37(9-19(38)39)10-20(40)41/h4-8H,9-10H2,1-3H3,(H,38,39)(H,40,41). The summed E-state index contributed by atoms with van der Waals surface area (Å²) in [6, 6.07) is 3.78. The molecular formula is C29H20F7NO10SSi. The van der Waals surface area contributed by atoms with Crippen molar-refractivity contribution in [3.63, 3.8) is 0 Å². The third-order valence-corrected chi connectivity index (χ3v) is 12.6. The minimum atomic E-state index is -6.64. The molecule has 0 fully saturated rings. The molecule has 0 saturated heterocycles. The number of carboxylic acid groups (broad SMARTS) is 2. The van der Waals surface area contributed by atoms with Gasteiger partial charge in [-0.05, 0) is 41.6 Å². The molecule has 260 valence electrons. The summed E-state index contributed by atoms with van der Waals surface area (Å²) >= 11 is 0. The van der Waals surface area contributed by atoms with Gasteiger partial charge in [-0.15, -0.1) is 0 Å². The Hall–Kier alpha value is -4.98. The van der Waals surface area contributed by atoms with Crippen LogP contribution in [0.3, 0.4) is 0 Å². The largest absolute Gasteiger partial charge is 0.534 e. The number of esters is 1. The number of fused-ring (bicyclic) bond motifs is 6. The maximum atomic E-state index is 16.4. The Morgan fingerprint density at radius 2 is 1.43 bits per heavy atom. The number of benzene rings is 3. The number of hydrogen-bond acceptors (Lipinski definition) is 8. The van der Waals surface area contributed by atoms with E-state index in [2.05, 4.69) is 4.18 Å². The molecule has 0 saturated carbocycles. The predicted molar refractivity (Wildman–Crippen MR) is 153 cm³/mol. The Kier molecular flexibility index (Phi) is 8.14. The number of hydrogen-bond donors (Lipinski definition) is 2. The number of rotatable bonds is 7. The molecule has 3 aromatic rings. The van der Waals surface area contributed by atoms with Gasteiger partial charge in [-0.3, -0.25) is 14.4 Å². The molecule has 11 nitrogen and oxygen atoms in total. The van der Waals surface area contributed by atoms with Gasteiger partial charge in [0.25, 0.3) is 5.91 Å². The molecule has 3 aromatic carbocycles. The second kappa shape index (κ2) is 11.3. The van der Waals surface area contributed by atoms with Crippen LogP contribution in [-0.4, -0.2) is 74.0 Å². The Labute approximate surface area is 271 Å². The van der Waals surface area contributed by atoms with Crippen molar-refractivity contribution < 1.29 is 77.5 Å². The van der Waals surface area contributed by atoms with Crippen molar-refractivity contribution in [2.75, 3.05) is 13.1 Å². The molecule has 2 aliphatic heterocycles. The van der Waals surface area contributed by atoms with Gasteiger partial charge < -0.3 is 24.0 Å². The summed E-state index contributed by atoms with van der Waals surface area (Å²) in [5.74, 6) is -14.3. The lowest BCUT2D eigenvalue weighted by Crippen LogP contribution is -2.65. The van der Waals surface area contributed by atoms with E-state index in [4.69, 9.17) is 14.9 Å². The molecule has 0 radical (unpaired) electrons. The van der Waals surface area contributed by atoms with Crippen LogP contribution in [0.5, 0.6) is 5.75 Å². The Balaban J connectivity index is 1.84. The second-order valence-electron chi connectivity index (χ2n) is 11.5. The van der Waals surface area contributed by atoms with E-state index in [1.54, 1.807) is 0 Å². The van der Waals surface area contributed by atoms with E-state index in [-0.39, 0.29) is 5.56 Å². The number of nitrogens with zero attached hydrogens (tertiary/aromatic N) is 1. The van der Waals surface area contributed by atoms with Crippen LogP contribution in [0.2, 0.25) is 13.1 Å².